The van der Waals surface area contributed by atoms with Crippen LogP contribution in [0.1, 0.15) is 0 Å². The van der Waals surface area contributed by atoms with Crippen LogP contribution in [0.15, 0.2) is 57.9 Å². The Kier molecular flexibility index (Phi) is 6.41. The van der Waals surface area contributed by atoms with Crippen molar-refractivity contribution in [3.05, 3.63) is 58.0 Å². The van der Waals surface area contributed by atoms with Crippen LogP contribution in [0, 0.1) is 0 Å². The molecule has 9 heteroatoms. The molecule has 1 aliphatic heterocycles. The first-order valence-electron chi connectivity index (χ1n) is 8.28. The summed E-state index contributed by atoms with van der Waals surface area (Å²) in [5, 5.41) is 0.481. The average molecular weight is 474 g/mol. The summed E-state index contributed by atoms with van der Waals surface area (Å²) in [7, 11) is -3.59. The van der Waals surface area contributed by atoms with E-state index in [1.807, 2.05) is 12.1 Å². The molecule has 0 N–H and O–H groups in total. The maximum absolute atomic E-state index is 12.7. The molecule has 0 unspecified atom stereocenters. The molecule has 27 heavy (non-hydrogen) atoms. The zero-order valence-electron chi connectivity index (χ0n) is 14.3. The van der Waals surface area contributed by atoms with Gasteiger partial charge in [-0.25, -0.2) is 8.42 Å². The van der Waals surface area contributed by atoms with E-state index in [2.05, 4.69) is 15.9 Å². The molecule has 2 aromatic rings. The van der Waals surface area contributed by atoms with E-state index in [-0.39, 0.29) is 30.5 Å². The molecule has 0 aliphatic carbocycles. The molecule has 6 nitrogen and oxygen atoms in total. The van der Waals surface area contributed by atoms with Crippen molar-refractivity contribution in [3.63, 3.8) is 0 Å². The maximum Gasteiger partial charge on any atom is 0.260 e. The fourth-order valence-corrected chi connectivity index (χ4v) is 4.65. The van der Waals surface area contributed by atoms with Gasteiger partial charge in [0.25, 0.3) is 5.91 Å². The number of piperazine rings is 1. The molecule has 0 atom stereocenters. The van der Waals surface area contributed by atoms with Gasteiger partial charge in [0.1, 0.15) is 5.75 Å². The summed E-state index contributed by atoms with van der Waals surface area (Å²) in [5.41, 5.74) is 0. The highest BCUT2D eigenvalue weighted by Crippen LogP contribution is 2.20. The molecule has 0 radical (unpaired) electrons. The Labute approximate surface area is 171 Å². The molecule has 144 valence electrons. The number of rotatable bonds is 5. The van der Waals surface area contributed by atoms with E-state index in [0.29, 0.717) is 23.9 Å². The maximum atomic E-state index is 12.7. The van der Waals surface area contributed by atoms with Crippen molar-refractivity contribution in [2.75, 3.05) is 32.8 Å². The van der Waals surface area contributed by atoms with E-state index in [9.17, 15) is 13.2 Å². The highest BCUT2D eigenvalue weighted by atomic mass is 79.9. The Hall–Kier alpha value is -1.61. The number of ether oxygens (including phenoxy) is 1. The molecule has 1 heterocycles. The number of amides is 1. The lowest BCUT2D eigenvalue weighted by atomic mass is 10.3. The van der Waals surface area contributed by atoms with Crippen LogP contribution in [0.25, 0.3) is 0 Å². The summed E-state index contributed by atoms with van der Waals surface area (Å²) in [6, 6.07) is 13.3. The summed E-state index contributed by atoms with van der Waals surface area (Å²) in [6.07, 6.45) is 0. The highest BCUT2D eigenvalue weighted by molar-refractivity contribution is 9.10. The fraction of sp³-hybridized carbons (Fsp3) is 0.278. The number of halogens is 2. The number of carbonyl (C=O) groups is 1. The second kappa shape index (κ2) is 8.60. The van der Waals surface area contributed by atoms with Gasteiger partial charge in [0.2, 0.25) is 10.0 Å². The van der Waals surface area contributed by atoms with E-state index in [1.54, 1.807) is 29.2 Å². The van der Waals surface area contributed by atoms with Gasteiger partial charge in [-0.15, -0.1) is 0 Å². The van der Waals surface area contributed by atoms with Crippen LogP contribution in [0.5, 0.6) is 5.75 Å². The molecule has 0 saturated carbocycles. The van der Waals surface area contributed by atoms with Gasteiger partial charge >= 0.3 is 0 Å². The van der Waals surface area contributed by atoms with Crippen molar-refractivity contribution < 1.29 is 17.9 Å². The molecule has 1 saturated heterocycles. The Morgan fingerprint density at radius 3 is 2.37 bits per heavy atom. The molecule has 0 aromatic heterocycles. The number of sulfonamides is 1. The van der Waals surface area contributed by atoms with E-state index in [0.717, 1.165) is 4.47 Å². The van der Waals surface area contributed by atoms with Crippen molar-refractivity contribution in [2.24, 2.45) is 0 Å². The van der Waals surface area contributed by atoms with E-state index < -0.39 is 10.0 Å². The van der Waals surface area contributed by atoms with Gasteiger partial charge in [0.15, 0.2) is 6.61 Å². The third-order valence-corrected chi connectivity index (χ3v) is 6.86. The standard InChI is InChI=1S/C18H18BrClN2O4S/c19-14-2-1-3-16(12-14)26-13-18(23)21-8-10-22(11-9-21)27(24,25)17-6-4-15(20)5-7-17/h1-7,12H,8-11,13H2. The molecule has 2 aromatic carbocycles. The first kappa shape index (κ1) is 20.1. The minimum Gasteiger partial charge on any atom is -0.484 e. The Morgan fingerprint density at radius 2 is 1.74 bits per heavy atom. The lowest BCUT2D eigenvalue weighted by Gasteiger charge is -2.34. The van der Waals surface area contributed by atoms with Gasteiger partial charge in [-0.05, 0) is 42.5 Å². The second-order valence-electron chi connectivity index (χ2n) is 5.98. The number of benzene rings is 2. The van der Waals surface area contributed by atoms with Gasteiger partial charge in [0.05, 0.1) is 4.90 Å². The third-order valence-electron chi connectivity index (χ3n) is 4.20. The van der Waals surface area contributed by atoms with Gasteiger partial charge in [-0.2, -0.15) is 4.31 Å². The van der Waals surface area contributed by atoms with Crippen molar-refractivity contribution in [3.8, 4) is 5.75 Å². The largest absolute Gasteiger partial charge is 0.484 e. The minimum absolute atomic E-state index is 0.0829. The summed E-state index contributed by atoms with van der Waals surface area (Å²) in [4.78, 5) is 14.1. The zero-order chi connectivity index (χ0) is 19.4. The zero-order valence-corrected chi connectivity index (χ0v) is 17.5. The first-order chi connectivity index (χ1) is 12.9. The summed E-state index contributed by atoms with van der Waals surface area (Å²) >= 11 is 9.17. The second-order valence-corrected chi connectivity index (χ2v) is 9.27. The average Bonchev–Trinajstić information content (AvgIpc) is 2.66. The normalized spacial score (nSPS) is 15.6. The minimum atomic E-state index is -3.59. The van der Waals surface area contributed by atoms with Crippen LogP contribution in [0.4, 0.5) is 0 Å². The monoisotopic (exact) mass is 472 g/mol. The van der Waals surface area contributed by atoms with Gasteiger partial charge in [0, 0.05) is 35.7 Å². The predicted octanol–water partition coefficient (Wildman–Crippen LogP) is 3.01. The predicted molar refractivity (Wildman–Crippen MR) is 106 cm³/mol. The molecule has 1 fully saturated rings. The highest BCUT2D eigenvalue weighted by Gasteiger charge is 2.30. The van der Waals surface area contributed by atoms with Crippen LogP contribution in [-0.2, 0) is 14.8 Å². The Morgan fingerprint density at radius 1 is 1.07 bits per heavy atom. The topological polar surface area (TPSA) is 66.9 Å². The van der Waals surface area contributed by atoms with Crippen molar-refractivity contribution in [2.45, 2.75) is 4.90 Å². The van der Waals surface area contributed by atoms with Crippen LogP contribution in [0.3, 0.4) is 0 Å². The molecular weight excluding hydrogens is 456 g/mol. The van der Waals surface area contributed by atoms with Crippen LogP contribution in [0.2, 0.25) is 5.02 Å². The first-order valence-corrected chi connectivity index (χ1v) is 10.9. The summed E-state index contributed by atoms with van der Waals surface area (Å²) < 4.78 is 33.1. The van der Waals surface area contributed by atoms with E-state index in [1.165, 1.54) is 16.4 Å². The molecule has 1 aliphatic rings. The van der Waals surface area contributed by atoms with Crippen LogP contribution >= 0.6 is 27.5 Å². The Balaban J connectivity index is 1.55. The Bertz CT molecular complexity index is 913. The van der Waals surface area contributed by atoms with Gasteiger partial charge in [-0.1, -0.05) is 33.6 Å². The summed E-state index contributed by atoms with van der Waals surface area (Å²) in [6.45, 7) is 1.06. The summed E-state index contributed by atoms with van der Waals surface area (Å²) in [5.74, 6) is 0.431. The number of hydrogen-bond donors (Lipinski definition) is 0. The van der Waals surface area contributed by atoms with E-state index >= 15 is 0 Å². The number of carbonyl (C=O) groups excluding carboxylic acids is 1. The lowest BCUT2D eigenvalue weighted by molar-refractivity contribution is -0.134. The van der Waals surface area contributed by atoms with Crippen molar-refractivity contribution >= 4 is 43.5 Å². The van der Waals surface area contributed by atoms with Crippen LogP contribution < -0.4 is 4.74 Å². The smallest absolute Gasteiger partial charge is 0.260 e. The third kappa shape index (κ3) is 5.01. The molecule has 0 bridgehead atoms. The van der Waals surface area contributed by atoms with Crippen LogP contribution in [-0.4, -0.2) is 56.3 Å². The van der Waals surface area contributed by atoms with Gasteiger partial charge < -0.3 is 9.64 Å². The number of nitrogens with zero attached hydrogens (tertiary/aromatic N) is 2. The van der Waals surface area contributed by atoms with E-state index in [4.69, 9.17) is 16.3 Å². The number of hydrogen-bond acceptors (Lipinski definition) is 4. The molecule has 3 rings (SSSR count). The van der Waals surface area contributed by atoms with Crippen molar-refractivity contribution in [1.29, 1.82) is 0 Å². The molecule has 0 spiro atoms. The SMILES string of the molecule is O=C(COc1cccc(Br)c1)N1CCN(S(=O)(=O)c2ccc(Cl)cc2)CC1. The van der Waals surface area contributed by atoms with Crippen molar-refractivity contribution in [1.82, 2.24) is 9.21 Å². The molecule has 1 amide bonds. The van der Waals surface area contributed by atoms with Gasteiger partial charge in [-0.3, -0.25) is 4.79 Å². The molecular formula is C18H18BrClN2O4S. The fourth-order valence-electron chi connectivity index (χ4n) is 2.73. The lowest BCUT2D eigenvalue weighted by Crippen LogP contribution is -2.51. The quantitative estimate of drug-likeness (QED) is 0.669.